The van der Waals surface area contributed by atoms with Crippen molar-refractivity contribution in [2.45, 2.75) is 26.2 Å². The van der Waals surface area contributed by atoms with Gasteiger partial charge in [-0.2, -0.15) is 0 Å². The number of amides is 3. The summed E-state index contributed by atoms with van der Waals surface area (Å²) in [5, 5.41) is 33.0. The SMILES string of the molecule is CC(=O)O.O=C(O)CO.O=C(O)NCCCCCN1C(=O)C=CC1=O.[NH2-].[NH2-].[Pt+2]. The smallest absolute Gasteiger partial charge is 0.693 e. The van der Waals surface area contributed by atoms with Crippen LogP contribution in [0.1, 0.15) is 26.2 Å². The molecule has 0 unspecified atom stereocenters. The number of rotatable bonds is 7. The van der Waals surface area contributed by atoms with E-state index in [9.17, 15) is 14.4 Å². The molecule has 0 atom stereocenters. The molecule has 0 spiro atoms. The predicted octanol–water partition coefficient (Wildman–Crippen LogP) is 0.935. The van der Waals surface area contributed by atoms with Crippen molar-refractivity contribution in [2.75, 3.05) is 19.7 Å². The molecule has 14 heteroatoms. The molecular formula is C14H26N4O9Pt. The minimum absolute atomic E-state index is 0. The summed E-state index contributed by atoms with van der Waals surface area (Å²) in [6.45, 7) is 1.10. The second-order valence-electron chi connectivity index (χ2n) is 4.52. The summed E-state index contributed by atoms with van der Waals surface area (Å²) in [5.74, 6) is -2.56. The molecule has 0 aromatic carbocycles. The molecule has 0 aromatic heterocycles. The van der Waals surface area contributed by atoms with Crippen molar-refractivity contribution in [1.82, 2.24) is 10.2 Å². The van der Waals surface area contributed by atoms with Gasteiger partial charge in [-0.3, -0.25) is 19.3 Å². The van der Waals surface area contributed by atoms with Crippen molar-refractivity contribution < 1.29 is 65.5 Å². The zero-order valence-corrected chi connectivity index (χ0v) is 17.4. The fourth-order valence-corrected chi connectivity index (χ4v) is 1.42. The maximum Gasteiger partial charge on any atom is 2.00 e. The van der Waals surface area contributed by atoms with Crippen LogP contribution in [0.25, 0.3) is 12.3 Å². The molecule has 1 rings (SSSR count). The molecule has 1 aliphatic heterocycles. The van der Waals surface area contributed by atoms with Crippen molar-refractivity contribution in [2.24, 2.45) is 0 Å². The number of hydrogen-bond acceptors (Lipinski definition) is 6. The van der Waals surface area contributed by atoms with Crippen LogP contribution in [0.3, 0.4) is 0 Å². The van der Waals surface area contributed by atoms with Crippen molar-refractivity contribution in [3.05, 3.63) is 24.5 Å². The zero-order valence-electron chi connectivity index (χ0n) is 15.1. The summed E-state index contributed by atoms with van der Waals surface area (Å²) in [5.41, 5.74) is 0. The van der Waals surface area contributed by atoms with Crippen LogP contribution in [0.5, 0.6) is 0 Å². The maximum atomic E-state index is 11.1. The second-order valence-corrected chi connectivity index (χ2v) is 4.52. The van der Waals surface area contributed by atoms with E-state index in [0.29, 0.717) is 25.9 Å². The van der Waals surface area contributed by atoms with Crippen molar-refractivity contribution in [3.63, 3.8) is 0 Å². The Morgan fingerprint density at radius 1 is 0.964 bits per heavy atom. The molecule has 0 aliphatic carbocycles. The van der Waals surface area contributed by atoms with Crippen LogP contribution in [-0.2, 0) is 40.2 Å². The first kappa shape index (κ1) is 36.6. The number of aliphatic hydroxyl groups excluding tert-OH is 1. The summed E-state index contributed by atoms with van der Waals surface area (Å²) < 4.78 is 0. The molecule has 0 bridgehead atoms. The fourth-order valence-electron chi connectivity index (χ4n) is 1.42. The summed E-state index contributed by atoms with van der Waals surface area (Å²) in [7, 11) is 0. The number of nitrogens with one attached hydrogen (secondary N) is 1. The van der Waals surface area contributed by atoms with Gasteiger partial charge in [0, 0.05) is 32.2 Å². The molecular weight excluding hydrogens is 563 g/mol. The van der Waals surface area contributed by atoms with Gasteiger partial charge in [-0.15, -0.1) is 0 Å². The number of carboxylic acid groups (broad SMARTS) is 3. The monoisotopic (exact) mass is 589 g/mol. The van der Waals surface area contributed by atoms with E-state index >= 15 is 0 Å². The topological polar surface area (TPSA) is 249 Å². The van der Waals surface area contributed by atoms with E-state index in [1.54, 1.807) is 0 Å². The van der Waals surface area contributed by atoms with Gasteiger partial charge in [-0.1, -0.05) is 0 Å². The number of aliphatic carboxylic acids is 2. The van der Waals surface area contributed by atoms with Gasteiger partial charge in [-0.05, 0) is 19.3 Å². The third kappa shape index (κ3) is 25.9. The molecule has 0 saturated heterocycles. The first-order valence-electron chi connectivity index (χ1n) is 7.14. The summed E-state index contributed by atoms with van der Waals surface area (Å²) in [6.07, 6.45) is 3.66. The van der Waals surface area contributed by atoms with Gasteiger partial charge in [-0.25, -0.2) is 9.59 Å². The van der Waals surface area contributed by atoms with Crippen LogP contribution in [0.4, 0.5) is 4.79 Å². The molecule has 0 radical (unpaired) electrons. The number of imide groups is 1. The molecule has 9 N–H and O–H groups in total. The normalized spacial score (nSPS) is 10.6. The van der Waals surface area contributed by atoms with E-state index in [-0.39, 0.29) is 45.2 Å². The predicted molar refractivity (Wildman–Crippen MR) is 94.3 cm³/mol. The van der Waals surface area contributed by atoms with Gasteiger partial charge in [0.25, 0.3) is 17.8 Å². The van der Waals surface area contributed by atoms with Gasteiger partial charge in [0.1, 0.15) is 6.61 Å². The quantitative estimate of drug-likeness (QED) is 0.209. The number of nitrogens with zero attached hydrogens (tertiary/aromatic N) is 1. The Bertz CT molecular complexity index is 493. The van der Waals surface area contributed by atoms with Gasteiger partial charge in [0.2, 0.25) is 0 Å². The first-order valence-corrected chi connectivity index (χ1v) is 7.14. The number of unbranched alkanes of at least 4 members (excludes halogenated alkanes) is 2. The maximum absolute atomic E-state index is 11.1. The average molecular weight is 589 g/mol. The van der Waals surface area contributed by atoms with Gasteiger partial charge < -0.3 is 38.0 Å². The number of carbonyl (C=O) groups excluding carboxylic acids is 2. The Balaban J connectivity index is -0.000000125. The van der Waals surface area contributed by atoms with Crippen LogP contribution < -0.4 is 5.32 Å². The van der Waals surface area contributed by atoms with E-state index in [0.717, 1.165) is 13.3 Å². The van der Waals surface area contributed by atoms with Crippen LogP contribution >= 0.6 is 0 Å². The molecule has 28 heavy (non-hydrogen) atoms. The van der Waals surface area contributed by atoms with Gasteiger partial charge in [0.15, 0.2) is 0 Å². The average Bonchev–Trinajstić information content (AvgIpc) is 2.82. The van der Waals surface area contributed by atoms with E-state index in [2.05, 4.69) is 5.32 Å². The molecule has 166 valence electrons. The van der Waals surface area contributed by atoms with Crippen molar-refractivity contribution in [3.8, 4) is 0 Å². The Kier molecular flexibility index (Phi) is 29.6. The van der Waals surface area contributed by atoms with E-state index in [1.165, 1.54) is 17.1 Å². The Labute approximate surface area is 176 Å². The largest absolute Gasteiger partial charge is 2.00 e. The number of hydrogen-bond donors (Lipinski definition) is 5. The van der Waals surface area contributed by atoms with Crippen LogP contribution in [0.15, 0.2) is 12.2 Å². The molecule has 1 aliphatic rings. The minimum atomic E-state index is -1.19. The second kappa shape index (κ2) is 22.7. The molecule has 0 aromatic rings. The Morgan fingerprint density at radius 3 is 1.68 bits per heavy atom. The van der Waals surface area contributed by atoms with E-state index in [1.807, 2.05) is 0 Å². The van der Waals surface area contributed by atoms with Crippen molar-refractivity contribution in [1.29, 1.82) is 0 Å². The molecule has 0 fully saturated rings. The van der Waals surface area contributed by atoms with Crippen LogP contribution in [0.2, 0.25) is 0 Å². The van der Waals surface area contributed by atoms with E-state index < -0.39 is 24.6 Å². The number of carboxylic acids is 2. The number of carbonyl (C=O) groups is 5. The standard InChI is InChI=1S/C10H14N2O4.C2H4O3.C2H4O2.2H2N.Pt/c13-8-4-5-9(14)12(8)7-3-1-2-6-11-10(15)16;3-1-2(4)5;1-2(3)4;;;/h4-5,11H,1-3,6-7H2,(H,15,16);3H,1H2,(H,4,5);1H3,(H,3,4);2*1H2;/q;;;2*-1;+2. The van der Waals surface area contributed by atoms with E-state index in [4.69, 9.17) is 30.0 Å². The fraction of sp³-hybridized carbons (Fsp3) is 0.500. The van der Waals surface area contributed by atoms with Crippen molar-refractivity contribution >= 4 is 29.8 Å². The molecule has 3 amide bonds. The van der Waals surface area contributed by atoms with Gasteiger partial charge in [0.05, 0.1) is 0 Å². The Hall–Kier alpha value is -2.34. The third-order valence-electron chi connectivity index (χ3n) is 2.37. The molecule has 13 nitrogen and oxygen atoms in total. The minimum Gasteiger partial charge on any atom is -0.693 e. The zero-order chi connectivity index (χ0) is 19.8. The summed E-state index contributed by atoms with van der Waals surface area (Å²) in [4.78, 5) is 51.7. The van der Waals surface area contributed by atoms with Crippen LogP contribution in [-0.4, -0.2) is 74.9 Å². The molecule has 0 saturated carbocycles. The summed E-state index contributed by atoms with van der Waals surface area (Å²) >= 11 is 0. The van der Waals surface area contributed by atoms with Crippen LogP contribution in [0, 0.1) is 0 Å². The van der Waals surface area contributed by atoms with Gasteiger partial charge >= 0.3 is 33.1 Å². The summed E-state index contributed by atoms with van der Waals surface area (Å²) in [6, 6.07) is 0. The number of aliphatic hydroxyl groups is 1. The third-order valence-corrected chi connectivity index (χ3v) is 2.37. The Morgan fingerprint density at radius 2 is 1.36 bits per heavy atom. The number of nitrogens with two attached hydrogens (primary N) is 2. The first-order chi connectivity index (χ1) is 11.6. The molecule has 1 heterocycles.